The monoisotopic (exact) mass is 291 g/mol. The molecular formula is C16H25N3O2. The zero-order valence-corrected chi connectivity index (χ0v) is 13.1. The number of hydrogen-bond donors (Lipinski definition) is 2. The number of para-hydroxylation sites is 1. The van der Waals surface area contributed by atoms with Crippen molar-refractivity contribution in [2.75, 3.05) is 18.4 Å². The average Bonchev–Trinajstić information content (AvgIpc) is 2.47. The number of anilines is 1. The van der Waals surface area contributed by atoms with Crippen molar-refractivity contribution in [2.45, 2.75) is 39.7 Å². The summed E-state index contributed by atoms with van der Waals surface area (Å²) in [6.07, 6.45) is 0.976. The molecule has 0 aromatic heterocycles. The Kier molecular flexibility index (Phi) is 6.88. The van der Waals surface area contributed by atoms with Crippen LogP contribution in [0.5, 0.6) is 0 Å². The largest absolute Gasteiger partial charge is 0.339 e. The minimum Gasteiger partial charge on any atom is -0.339 e. The van der Waals surface area contributed by atoms with Crippen LogP contribution in [0.2, 0.25) is 0 Å². The van der Waals surface area contributed by atoms with Gasteiger partial charge < -0.3 is 16.0 Å². The van der Waals surface area contributed by atoms with Crippen molar-refractivity contribution in [1.29, 1.82) is 0 Å². The van der Waals surface area contributed by atoms with Gasteiger partial charge in [0.1, 0.15) is 0 Å². The van der Waals surface area contributed by atoms with Gasteiger partial charge in [0, 0.05) is 25.6 Å². The van der Waals surface area contributed by atoms with Crippen molar-refractivity contribution in [3.8, 4) is 0 Å². The molecule has 0 heterocycles. The van der Waals surface area contributed by atoms with E-state index in [0.717, 1.165) is 0 Å². The first-order valence-electron chi connectivity index (χ1n) is 7.43. The van der Waals surface area contributed by atoms with Gasteiger partial charge in [-0.05, 0) is 39.3 Å². The Morgan fingerprint density at radius 1 is 1.24 bits per heavy atom. The molecule has 1 atom stereocenters. The highest BCUT2D eigenvalue weighted by Crippen LogP contribution is 2.18. The van der Waals surface area contributed by atoms with E-state index in [0.29, 0.717) is 37.2 Å². The summed E-state index contributed by atoms with van der Waals surface area (Å²) in [4.78, 5) is 26.1. The second kappa shape index (κ2) is 8.42. The summed E-state index contributed by atoms with van der Waals surface area (Å²) in [7, 11) is 0. The molecule has 1 rings (SSSR count). The number of hydrogen-bond acceptors (Lipinski definition) is 3. The first-order valence-corrected chi connectivity index (χ1v) is 7.43. The number of nitrogens with two attached hydrogens (primary N) is 1. The Hall–Kier alpha value is -1.88. The lowest BCUT2D eigenvalue weighted by atomic mass is 10.1. The number of carbonyl (C=O) groups is 2. The van der Waals surface area contributed by atoms with Crippen molar-refractivity contribution < 1.29 is 9.59 Å². The molecule has 2 amide bonds. The van der Waals surface area contributed by atoms with E-state index < -0.39 is 0 Å². The fraction of sp³-hybridized carbons (Fsp3) is 0.500. The summed E-state index contributed by atoms with van der Waals surface area (Å²) in [5.74, 6) is -0.185. The van der Waals surface area contributed by atoms with Gasteiger partial charge in [0.05, 0.1) is 11.3 Å². The quantitative estimate of drug-likeness (QED) is 0.809. The smallest absolute Gasteiger partial charge is 0.255 e. The molecule has 1 unspecified atom stereocenters. The fourth-order valence-corrected chi connectivity index (χ4v) is 2.03. The Labute approximate surface area is 126 Å². The first-order chi connectivity index (χ1) is 9.99. The normalized spacial score (nSPS) is 11.8. The molecule has 0 aliphatic carbocycles. The summed E-state index contributed by atoms with van der Waals surface area (Å²) in [6, 6.07) is 7.08. The molecule has 1 aromatic carbocycles. The van der Waals surface area contributed by atoms with Crippen LogP contribution < -0.4 is 11.1 Å². The maximum Gasteiger partial charge on any atom is 0.255 e. The molecule has 0 bridgehead atoms. The minimum absolute atomic E-state index is 0.0108. The fourth-order valence-electron chi connectivity index (χ4n) is 2.03. The Bertz CT molecular complexity index is 482. The molecule has 0 radical (unpaired) electrons. The Morgan fingerprint density at radius 3 is 2.43 bits per heavy atom. The van der Waals surface area contributed by atoms with E-state index in [2.05, 4.69) is 5.32 Å². The molecule has 5 heteroatoms. The zero-order valence-electron chi connectivity index (χ0n) is 13.1. The van der Waals surface area contributed by atoms with Gasteiger partial charge >= 0.3 is 0 Å². The third kappa shape index (κ3) is 5.19. The molecule has 0 aliphatic heterocycles. The molecule has 21 heavy (non-hydrogen) atoms. The summed E-state index contributed by atoms with van der Waals surface area (Å²) in [5, 5.41) is 2.81. The highest BCUT2D eigenvalue weighted by Gasteiger charge is 2.17. The lowest BCUT2D eigenvalue weighted by Crippen LogP contribution is -2.31. The number of benzene rings is 1. The number of carbonyl (C=O) groups excluding carboxylic acids is 2. The molecule has 5 nitrogen and oxygen atoms in total. The van der Waals surface area contributed by atoms with Crippen LogP contribution in [0.25, 0.3) is 0 Å². The van der Waals surface area contributed by atoms with Gasteiger partial charge in [-0.1, -0.05) is 12.1 Å². The van der Waals surface area contributed by atoms with Gasteiger partial charge in [0.15, 0.2) is 0 Å². The standard InChI is InChI=1S/C16H25N3O2/c1-4-19(5-2)16(21)13-8-6-7-9-14(13)18-15(20)11-10-12(3)17/h6-9,12H,4-5,10-11,17H2,1-3H3,(H,18,20). The van der Waals surface area contributed by atoms with Crippen molar-refractivity contribution in [3.05, 3.63) is 29.8 Å². The molecule has 116 valence electrons. The van der Waals surface area contributed by atoms with E-state index in [9.17, 15) is 9.59 Å². The predicted octanol–water partition coefficient (Wildman–Crippen LogP) is 2.23. The molecule has 3 N–H and O–H groups in total. The van der Waals surface area contributed by atoms with Gasteiger partial charge in [-0.15, -0.1) is 0 Å². The van der Waals surface area contributed by atoms with E-state index in [1.54, 1.807) is 29.2 Å². The van der Waals surface area contributed by atoms with E-state index >= 15 is 0 Å². The summed E-state index contributed by atoms with van der Waals surface area (Å²) >= 11 is 0. The number of nitrogens with one attached hydrogen (secondary N) is 1. The van der Waals surface area contributed by atoms with Gasteiger partial charge in [0.2, 0.25) is 5.91 Å². The second-order valence-corrected chi connectivity index (χ2v) is 5.09. The van der Waals surface area contributed by atoms with Crippen LogP contribution in [-0.2, 0) is 4.79 Å². The van der Waals surface area contributed by atoms with Crippen LogP contribution in [-0.4, -0.2) is 35.8 Å². The molecular weight excluding hydrogens is 266 g/mol. The first kappa shape index (κ1) is 17.2. The topological polar surface area (TPSA) is 75.4 Å². The summed E-state index contributed by atoms with van der Waals surface area (Å²) in [6.45, 7) is 7.02. The van der Waals surface area contributed by atoms with Crippen LogP contribution in [0.15, 0.2) is 24.3 Å². The number of nitrogens with zero attached hydrogens (tertiary/aromatic N) is 1. The van der Waals surface area contributed by atoms with E-state index in [4.69, 9.17) is 5.73 Å². The lowest BCUT2D eigenvalue weighted by Gasteiger charge is -2.20. The van der Waals surface area contributed by atoms with Crippen molar-refractivity contribution in [1.82, 2.24) is 4.90 Å². The third-order valence-corrected chi connectivity index (χ3v) is 3.31. The average molecular weight is 291 g/mol. The molecule has 0 saturated heterocycles. The Morgan fingerprint density at radius 2 is 1.86 bits per heavy atom. The number of amides is 2. The van der Waals surface area contributed by atoms with Crippen molar-refractivity contribution in [3.63, 3.8) is 0 Å². The van der Waals surface area contributed by atoms with E-state index in [-0.39, 0.29) is 17.9 Å². The molecule has 0 aliphatic rings. The van der Waals surface area contributed by atoms with Crippen LogP contribution in [0.3, 0.4) is 0 Å². The van der Waals surface area contributed by atoms with Gasteiger partial charge in [-0.25, -0.2) is 0 Å². The maximum atomic E-state index is 12.4. The molecule has 0 spiro atoms. The molecule has 0 saturated carbocycles. The molecule has 0 fully saturated rings. The SMILES string of the molecule is CCN(CC)C(=O)c1ccccc1NC(=O)CCC(C)N. The highest BCUT2D eigenvalue weighted by molar-refractivity contribution is 6.03. The van der Waals surface area contributed by atoms with Crippen LogP contribution >= 0.6 is 0 Å². The highest BCUT2D eigenvalue weighted by atomic mass is 16.2. The van der Waals surface area contributed by atoms with Crippen molar-refractivity contribution >= 4 is 17.5 Å². The maximum absolute atomic E-state index is 12.4. The van der Waals surface area contributed by atoms with E-state index in [1.165, 1.54) is 0 Å². The van der Waals surface area contributed by atoms with Gasteiger partial charge in [0.25, 0.3) is 5.91 Å². The van der Waals surface area contributed by atoms with Gasteiger partial charge in [-0.3, -0.25) is 9.59 Å². The minimum atomic E-state index is -0.118. The van der Waals surface area contributed by atoms with E-state index in [1.807, 2.05) is 20.8 Å². The van der Waals surface area contributed by atoms with Crippen LogP contribution in [0, 0.1) is 0 Å². The van der Waals surface area contributed by atoms with Crippen LogP contribution in [0.1, 0.15) is 44.0 Å². The Balaban J connectivity index is 2.84. The summed E-state index contributed by atoms with van der Waals surface area (Å²) in [5.41, 5.74) is 6.73. The lowest BCUT2D eigenvalue weighted by molar-refractivity contribution is -0.116. The van der Waals surface area contributed by atoms with Crippen molar-refractivity contribution in [2.24, 2.45) is 5.73 Å². The zero-order chi connectivity index (χ0) is 15.8. The molecule has 1 aromatic rings. The number of rotatable bonds is 7. The predicted molar refractivity (Wildman–Crippen MR) is 85.2 cm³/mol. The van der Waals surface area contributed by atoms with Gasteiger partial charge in [-0.2, -0.15) is 0 Å². The third-order valence-electron chi connectivity index (χ3n) is 3.31. The summed E-state index contributed by atoms with van der Waals surface area (Å²) < 4.78 is 0. The van der Waals surface area contributed by atoms with Crippen LogP contribution in [0.4, 0.5) is 5.69 Å². The second-order valence-electron chi connectivity index (χ2n) is 5.09.